The van der Waals surface area contributed by atoms with Crippen LogP contribution in [0, 0.1) is 5.82 Å². The summed E-state index contributed by atoms with van der Waals surface area (Å²) >= 11 is 10.1. The standard InChI is InChI=1S/C17H19ClFN3O7S/c1-8(14(24)27-4)29-13(23)7-28-12-6-11(10(19)5-9(12)18)22-15(25)20(2)17(30)21(3)16(22)26/h5-6,8,17,30H,7H2,1-4H3. The second kappa shape index (κ2) is 9.39. The average Bonchev–Trinajstić information content (AvgIpc) is 2.70. The van der Waals surface area contributed by atoms with Crippen molar-refractivity contribution in [3.05, 3.63) is 23.0 Å². The van der Waals surface area contributed by atoms with Crippen LogP contribution < -0.4 is 9.64 Å². The number of imide groups is 1. The first-order chi connectivity index (χ1) is 14.0. The first-order valence-electron chi connectivity index (χ1n) is 8.40. The molecule has 13 heteroatoms. The Hall–Kier alpha value is -2.73. The molecule has 1 aliphatic heterocycles. The molecule has 30 heavy (non-hydrogen) atoms. The topological polar surface area (TPSA) is 106 Å². The zero-order valence-corrected chi connectivity index (χ0v) is 18.1. The molecule has 1 aliphatic rings. The molecular weight excluding hydrogens is 445 g/mol. The lowest BCUT2D eigenvalue weighted by Crippen LogP contribution is -2.62. The van der Waals surface area contributed by atoms with E-state index in [0.717, 1.165) is 29.0 Å². The van der Waals surface area contributed by atoms with Gasteiger partial charge < -0.3 is 14.2 Å². The van der Waals surface area contributed by atoms with Gasteiger partial charge >= 0.3 is 24.0 Å². The van der Waals surface area contributed by atoms with Gasteiger partial charge in [0.1, 0.15) is 11.6 Å². The number of hydrogen-bond acceptors (Lipinski definition) is 8. The molecule has 1 saturated heterocycles. The molecule has 1 fully saturated rings. The van der Waals surface area contributed by atoms with Crippen LogP contribution in [0.3, 0.4) is 0 Å². The Morgan fingerprint density at radius 1 is 1.23 bits per heavy atom. The highest BCUT2D eigenvalue weighted by Gasteiger charge is 2.41. The molecule has 1 aromatic rings. The Morgan fingerprint density at radius 2 is 1.80 bits per heavy atom. The Morgan fingerprint density at radius 3 is 2.33 bits per heavy atom. The van der Waals surface area contributed by atoms with Crippen molar-refractivity contribution in [2.24, 2.45) is 0 Å². The van der Waals surface area contributed by atoms with E-state index in [4.69, 9.17) is 21.1 Å². The third-order valence-corrected chi connectivity index (χ3v) is 5.10. The molecule has 0 N–H and O–H groups in total. The SMILES string of the molecule is COC(=O)C(C)OC(=O)COc1cc(N2C(=O)N(C)C(S)N(C)C2=O)c(F)cc1Cl. The van der Waals surface area contributed by atoms with Gasteiger partial charge in [-0.25, -0.2) is 28.5 Å². The quantitative estimate of drug-likeness (QED) is 0.508. The Labute approximate surface area is 181 Å². The summed E-state index contributed by atoms with van der Waals surface area (Å²) < 4.78 is 29.0. The van der Waals surface area contributed by atoms with E-state index < -0.39 is 53.7 Å². The number of urea groups is 2. The van der Waals surface area contributed by atoms with Crippen molar-refractivity contribution < 1.29 is 37.8 Å². The van der Waals surface area contributed by atoms with Crippen molar-refractivity contribution in [2.75, 3.05) is 32.7 Å². The minimum Gasteiger partial charge on any atom is -0.480 e. The summed E-state index contributed by atoms with van der Waals surface area (Å²) in [4.78, 5) is 51.0. The van der Waals surface area contributed by atoms with E-state index in [1.807, 2.05) is 0 Å². The number of carbonyl (C=O) groups excluding carboxylic acids is 4. The maximum atomic E-state index is 14.5. The van der Waals surface area contributed by atoms with Crippen molar-refractivity contribution in [3.63, 3.8) is 0 Å². The molecule has 0 aromatic heterocycles. The van der Waals surface area contributed by atoms with E-state index in [1.54, 1.807) is 0 Å². The summed E-state index contributed by atoms with van der Waals surface area (Å²) in [5.41, 5.74) is -1.27. The number of carbonyl (C=O) groups is 4. The Balaban J connectivity index is 2.24. The minimum absolute atomic E-state index is 0.186. The van der Waals surface area contributed by atoms with E-state index in [9.17, 15) is 23.6 Å². The van der Waals surface area contributed by atoms with Gasteiger partial charge in [0.25, 0.3) is 0 Å². The third kappa shape index (κ3) is 4.70. The molecule has 1 atom stereocenters. The maximum absolute atomic E-state index is 14.5. The van der Waals surface area contributed by atoms with Crippen LogP contribution in [0.15, 0.2) is 12.1 Å². The fourth-order valence-corrected chi connectivity index (χ4v) is 2.85. The van der Waals surface area contributed by atoms with Crippen molar-refractivity contribution in [1.29, 1.82) is 0 Å². The molecule has 1 unspecified atom stereocenters. The largest absolute Gasteiger partial charge is 0.480 e. The molecule has 10 nitrogen and oxygen atoms in total. The number of ether oxygens (including phenoxy) is 3. The number of halogens is 2. The summed E-state index contributed by atoms with van der Waals surface area (Å²) in [6.07, 6.45) is -1.16. The van der Waals surface area contributed by atoms with Crippen LogP contribution in [0.2, 0.25) is 5.02 Å². The molecule has 1 aromatic carbocycles. The van der Waals surface area contributed by atoms with Crippen LogP contribution in [0.1, 0.15) is 6.92 Å². The smallest absolute Gasteiger partial charge is 0.346 e. The average molecular weight is 464 g/mol. The molecule has 4 amide bonds. The van der Waals surface area contributed by atoms with E-state index in [-0.39, 0.29) is 10.8 Å². The van der Waals surface area contributed by atoms with Gasteiger partial charge in [-0.2, -0.15) is 0 Å². The van der Waals surface area contributed by atoms with Gasteiger partial charge in [-0.1, -0.05) is 11.6 Å². The molecular formula is C17H19ClFN3O7S. The Kier molecular flexibility index (Phi) is 7.37. The lowest BCUT2D eigenvalue weighted by Gasteiger charge is -2.41. The summed E-state index contributed by atoms with van der Waals surface area (Å²) in [7, 11) is 3.91. The molecule has 0 aliphatic carbocycles. The first kappa shape index (κ1) is 23.5. The first-order valence-corrected chi connectivity index (χ1v) is 9.30. The highest BCUT2D eigenvalue weighted by atomic mass is 35.5. The van der Waals surface area contributed by atoms with E-state index in [1.165, 1.54) is 21.0 Å². The Bertz CT molecular complexity index is 865. The van der Waals surface area contributed by atoms with Crippen LogP contribution in [-0.2, 0) is 19.1 Å². The molecule has 1 heterocycles. The summed E-state index contributed by atoms with van der Waals surface area (Å²) in [5.74, 6) is -2.83. The zero-order valence-electron chi connectivity index (χ0n) is 16.4. The van der Waals surface area contributed by atoms with Crippen LogP contribution in [0.5, 0.6) is 5.75 Å². The second-order valence-electron chi connectivity index (χ2n) is 6.15. The maximum Gasteiger partial charge on any atom is 0.346 e. The summed E-state index contributed by atoms with van der Waals surface area (Å²) in [6.45, 7) is 0.633. The number of esters is 2. The summed E-state index contributed by atoms with van der Waals surface area (Å²) in [5, 5.41) is -0.212. The van der Waals surface area contributed by atoms with Gasteiger partial charge in [0.05, 0.1) is 17.8 Å². The zero-order chi connectivity index (χ0) is 22.7. The lowest BCUT2D eigenvalue weighted by atomic mass is 10.2. The summed E-state index contributed by atoms with van der Waals surface area (Å²) in [6, 6.07) is 0.195. The molecule has 0 spiro atoms. The molecule has 0 saturated carbocycles. The van der Waals surface area contributed by atoms with Gasteiger partial charge in [-0.05, 0) is 13.0 Å². The van der Waals surface area contributed by atoms with E-state index >= 15 is 0 Å². The lowest BCUT2D eigenvalue weighted by molar-refractivity contribution is -0.165. The van der Waals surface area contributed by atoms with Crippen LogP contribution in [-0.4, -0.2) is 73.2 Å². The van der Waals surface area contributed by atoms with Gasteiger partial charge in [-0.15, -0.1) is 12.6 Å². The number of nitrogens with zero attached hydrogens (tertiary/aromatic N) is 3. The van der Waals surface area contributed by atoms with Gasteiger partial charge in [0.15, 0.2) is 18.2 Å². The number of hydrogen-bond donors (Lipinski definition) is 1. The predicted molar refractivity (Wildman–Crippen MR) is 106 cm³/mol. The van der Waals surface area contributed by atoms with Crippen molar-refractivity contribution >= 4 is 53.9 Å². The normalized spacial score (nSPS) is 15.9. The number of methoxy groups -OCH3 is 1. The van der Waals surface area contributed by atoms with Crippen molar-refractivity contribution in [2.45, 2.75) is 18.5 Å². The predicted octanol–water partition coefficient (Wildman–Crippen LogP) is 2.10. The van der Waals surface area contributed by atoms with Gasteiger partial charge in [0.2, 0.25) is 0 Å². The van der Waals surface area contributed by atoms with Gasteiger partial charge in [-0.3, -0.25) is 9.80 Å². The van der Waals surface area contributed by atoms with Crippen molar-refractivity contribution in [1.82, 2.24) is 9.80 Å². The van der Waals surface area contributed by atoms with E-state index in [0.29, 0.717) is 4.90 Å². The monoisotopic (exact) mass is 463 g/mol. The second-order valence-corrected chi connectivity index (χ2v) is 7.02. The van der Waals surface area contributed by atoms with E-state index in [2.05, 4.69) is 17.4 Å². The number of anilines is 1. The number of amides is 4. The highest BCUT2D eigenvalue weighted by molar-refractivity contribution is 7.80. The molecule has 0 radical (unpaired) electrons. The number of benzene rings is 1. The van der Waals surface area contributed by atoms with Gasteiger partial charge in [0, 0.05) is 20.2 Å². The molecule has 0 bridgehead atoms. The van der Waals surface area contributed by atoms with Crippen LogP contribution >= 0.6 is 24.2 Å². The molecule has 164 valence electrons. The number of rotatable bonds is 6. The molecule has 2 rings (SSSR count). The van der Waals surface area contributed by atoms with Crippen LogP contribution in [0.4, 0.5) is 19.7 Å². The fraction of sp³-hybridized carbons (Fsp3) is 0.412. The third-order valence-electron chi connectivity index (χ3n) is 4.11. The van der Waals surface area contributed by atoms with Crippen molar-refractivity contribution in [3.8, 4) is 5.75 Å². The fourth-order valence-electron chi connectivity index (χ4n) is 2.44. The number of thiol groups is 1. The van der Waals surface area contributed by atoms with Crippen LogP contribution in [0.25, 0.3) is 0 Å². The minimum atomic E-state index is -1.16. The highest BCUT2D eigenvalue weighted by Crippen LogP contribution is 2.35.